The van der Waals surface area contributed by atoms with Gasteiger partial charge in [0.05, 0.1) is 17.6 Å². The van der Waals surface area contributed by atoms with E-state index in [4.69, 9.17) is 4.74 Å². The molecule has 1 aromatic carbocycles. The average Bonchev–Trinajstić information content (AvgIpc) is 2.44. The van der Waals surface area contributed by atoms with Crippen LogP contribution < -0.4 is 10.2 Å². The molecule has 1 N–H and O–H groups in total. The fourth-order valence-corrected chi connectivity index (χ4v) is 2.42. The molecule has 1 aliphatic heterocycles. The van der Waals surface area contributed by atoms with Crippen LogP contribution in [0.4, 0.5) is 17.1 Å². The van der Waals surface area contributed by atoms with Crippen LogP contribution >= 0.6 is 0 Å². The number of benzene rings is 1. The van der Waals surface area contributed by atoms with Crippen molar-refractivity contribution in [1.82, 2.24) is 0 Å². The van der Waals surface area contributed by atoms with Crippen molar-refractivity contribution in [2.45, 2.75) is 26.4 Å². The van der Waals surface area contributed by atoms with Gasteiger partial charge >= 0.3 is 5.69 Å². The topological polar surface area (TPSA) is 67.6 Å². The van der Waals surface area contributed by atoms with Crippen LogP contribution in [0, 0.1) is 10.1 Å². The van der Waals surface area contributed by atoms with Crippen molar-refractivity contribution in [2.24, 2.45) is 0 Å². The molecule has 0 radical (unpaired) electrons. The standard InChI is InChI=1S/C14H21N3O3/c1-3-7-15-12-5-4-6-13(14(12)17(18)19)16-8-9-20-11(2)10-16/h4-6,11,15H,3,7-10H2,1-2H3. The van der Waals surface area contributed by atoms with Gasteiger partial charge in [0.2, 0.25) is 0 Å². The zero-order chi connectivity index (χ0) is 14.5. The van der Waals surface area contributed by atoms with E-state index in [-0.39, 0.29) is 16.7 Å². The van der Waals surface area contributed by atoms with Gasteiger partial charge in [-0.25, -0.2) is 0 Å². The number of rotatable bonds is 5. The molecule has 1 heterocycles. The van der Waals surface area contributed by atoms with Gasteiger partial charge in [-0.2, -0.15) is 0 Å². The summed E-state index contributed by atoms with van der Waals surface area (Å²) >= 11 is 0. The number of nitro benzene ring substituents is 1. The van der Waals surface area contributed by atoms with E-state index in [0.717, 1.165) is 13.0 Å². The highest BCUT2D eigenvalue weighted by molar-refractivity contribution is 5.77. The zero-order valence-electron chi connectivity index (χ0n) is 12.0. The van der Waals surface area contributed by atoms with Crippen molar-refractivity contribution in [2.75, 3.05) is 36.5 Å². The molecule has 1 atom stereocenters. The van der Waals surface area contributed by atoms with Crippen LogP contribution in [0.2, 0.25) is 0 Å². The van der Waals surface area contributed by atoms with Crippen LogP contribution in [0.3, 0.4) is 0 Å². The highest BCUT2D eigenvalue weighted by Crippen LogP contribution is 2.36. The minimum absolute atomic E-state index is 0.0932. The second kappa shape index (κ2) is 6.56. The summed E-state index contributed by atoms with van der Waals surface area (Å²) in [7, 11) is 0. The molecule has 6 heteroatoms. The lowest BCUT2D eigenvalue weighted by Gasteiger charge is -2.32. The number of nitrogens with one attached hydrogen (secondary N) is 1. The minimum Gasteiger partial charge on any atom is -0.379 e. The van der Waals surface area contributed by atoms with Crippen molar-refractivity contribution >= 4 is 17.1 Å². The lowest BCUT2D eigenvalue weighted by molar-refractivity contribution is -0.383. The molecule has 0 saturated carbocycles. The SMILES string of the molecule is CCCNc1cccc(N2CCOC(C)C2)c1[N+](=O)[O-]. The first-order valence-corrected chi connectivity index (χ1v) is 7.01. The van der Waals surface area contributed by atoms with Gasteiger partial charge in [0, 0.05) is 19.6 Å². The third-order valence-electron chi connectivity index (χ3n) is 3.34. The molecule has 0 bridgehead atoms. The molecular weight excluding hydrogens is 258 g/mol. The Morgan fingerprint density at radius 1 is 1.55 bits per heavy atom. The second-order valence-electron chi connectivity index (χ2n) is 4.98. The zero-order valence-corrected chi connectivity index (χ0v) is 12.0. The van der Waals surface area contributed by atoms with Crippen LogP contribution in [0.5, 0.6) is 0 Å². The van der Waals surface area contributed by atoms with Gasteiger partial charge in [-0.05, 0) is 25.5 Å². The monoisotopic (exact) mass is 279 g/mol. The van der Waals surface area contributed by atoms with E-state index in [1.165, 1.54) is 0 Å². The third kappa shape index (κ3) is 3.19. The van der Waals surface area contributed by atoms with E-state index in [1.807, 2.05) is 30.9 Å². The summed E-state index contributed by atoms with van der Waals surface area (Å²) in [5.41, 5.74) is 1.43. The van der Waals surface area contributed by atoms with Crippen molar-refractivity contribution in [3.8, 4) is 0 Å². The maximum Gasteiger partial charge on any atom is 0.315 e. The molecule has 2 rings (SSSR count). The van der Waals surface area contributed by atoms with E-state index >= 15 is 0 Å². The van der Waals surface area contributed by atoms with Gasteiger partial charge in [0.1, 0.15) is 11.4 Å². The molecule has 0 aromatic heterocycles. The van der Waals surface area contributed by atoms with Crippen molar-refractivity contribution in [3.05, 3.63) is 28.3 Å². The Morgan fingerprint density at radius 3 is 3.00 bits per heavy atom. The maximum atomic E-state index is 11.4. The predicted octanol–water partition coefficient (Wildman–Crippen LogP) is 2.64. The number of nitrogens with zero attached hydrogens (tertiary/aromatic N) is 2. The van der Waals surface area contributed by atoms with Crippen LogP contribution in [0.15, 0.2) is 18.2 Å². The summed E-state index contributed by atoms with van der Waals surface area (Å²) < 4.78 is 5.50. The number of para-hydroxylation sites is 1. The molecule has 1 aliphatic rings. The summed E-state index contributed by atoms with van der Waals surface area (Å²) in [6, 6.07) is 5.44. The number of morpholine rings is 1. The molecule has 1 unspecified atom stereocenters. The highest BCUT2D eigenvalue weighted by Gasteiger charge is 2.26. The first-order chi connectivity index (χ1) is 9.63. The van der Waals surface area contributed by atoms with Crippen LogP contribution in [-0.2, 0) is 4.74 Å². The number of hydrogen-bond donors (Lipinski definition) is 1. The van der Waals surface area contributed by atoms with Gasteiger partial charge in [0.15, 0.2) is 0 Å². The van der Waals surface area contributed by atoms with Gasteiger partial charge < -0.3 is 15.0 Å². The van der Waals surface area contributed by atoms with Crippen molar-refractivity contribution < 1.29 is 9.66 Å². The number of nitro groups is 1. The van der Waals surface area contributed by atoms with Crippen LogP contribution in [0.25, 0.3) is 0 Å². The molecular formula is C14H21N3O3. The van der Waals surface area contributed by atoms with Crippen molar-refractivity contribution in [1.29, 1.82) is 0 Å². The first kappa shape index (κ1) is 14.6. The van der Waals surface area contributed by atoms with Crippen molar-refractivity contribution in [3.63, 3.8) is 0 Å². The predicted molar refractivity (Wildman–Crippen MR) is 79.5 cm³/mol. The van der Waals surface area contributed by atoms with E-state index in [9.17, 15) is 10.1 Å². The molecule has 20 heavy (non-hydrogen) atoms. The van der Waals surface area contributed by atoms with Crippen LogP contribution in [0.1, 0.15) is 20.3 Å². The molecule has 6 nitrogen and oxygen atoms in total. The van der Waals surface area contributed by atoms with Gasteiger partial charge in [-0.15, -0.1) is 0 Å². The molecule has 0 amide bonds. The second-order valence-corrected chi connectivity index (χ2v) is 4.98. The van der Waals surface area contributed by atoms with Gasteiger partial charge in [0.25, 0.3) is 0 Å². The molecule has 1 saturated heterocycles. The highest BCUT2D eigenvalue weighted by atomic mass is 16.6. The number of ether oxygens (including phenoxy) is 1. The van der Waals surface area contributed by atoms with E-state index in [1.54, 1.807) is 6.07 Å². The maximum absolute atomic E-state index is 11.4. The Balaban J connectivity index is 2.33. The van der Waals surface area contributed by atoms with E-state index in [0.29, 0.717) is 31.1 Å². The lowest BCUT2D eigenvalue weighted by Crippen LogP contribution is -2.41. The molecule has 0 aliphatic carbocycles. The fraction of sp³-hybridized carbons (Fsp3) is 0.571. The summed E-state index contributed by atoms with van der Waals surface area (Å²) in [6.45, 7) is 6.71. The van der Waals surface area contributed by atoms with Gasteiger partial charge in [-0.3, -0.25) is 10.1 Å². The number of hydrogen-bond acceptors (Lipinski definition) is 5. The lowest BCUT2D eigenvalue weighted by atomic mass is 10.1. The Kier molecular flexibility index (Phi) is 4.79. The smallest absolute Gasteiger partial charge is 0.315 e. The van der Waals surface area contributed by atoms with E-state index < -0.39 is 0 Å². The quantitative estimate of drug-likeness (QED) is 0.663. The van der Waals surface area contributed by atoms with Crippen LogP contribution in [-0.4, -0.2) is 37.3 Å². The van der Waals surface area contributed by atoms with Gasteiger partial charge in [-0.1, -0.05) is 13.0 Å². The summed E-state index contributed by atoms with van der Waals surface area (Å²) in [4.78, 5) is 13.2. The molecule has 110 valence electrons. The molecule has 0 spiro atoms. The Bertz CT molecular complexity index is 479. The summed E-state index contributed by atoms with van der Waals surface area (Å²) in [6.07, 6.45) is 1.02. The largest absolute Gasteiger partial charge is 0.379 e. The minimum atomic E-state index is -0.298. The molecule has 1 aromatic rings. The molecule has 1 fully saturated rings. The Labute approximate surface area is 118 Å². The Hall–Kier alpha value is -1.82. The first-order valence-electron chi connectivity index (χ1n) is 7.01. The normalized spacial score (nSPS) is 18.9. The summed E-state index contributed by atoms with van der Waals surface area (Å²) in [5, 5.41) is 14.6. The third-order valence-corrected chi connectivity index (χ3v) is 3.34. The van der Waals surface area contributed by atoms with E-state index in [2.05, 4.69) is 5.32 Å². The average molecular weight is 279 g/mol. The summed E-state index contributed by atoms with van der Waals surface area (Å²) in [5.74, 6) is 0. The Morgan fingerprint density at radius 2 is 2.35 bits per heavy atom. The number of anilines is 2. The fourth-order valence-electron chi connectivity index (χ4n) is 2.42.